The summed E-state index contributed by atoms with van der Waals surface area (Å²) in [6.07, 6.45) is 4.85. The Labute approximate surface area is 168 Å². The van der Waals surface area contributed by atoms with Gasteiger partial charge in [0, 0.05) is 0 Å². The molecule has 0 rings (SSSR count). The fourth-order valence-electron chi connectivity index (χ4n) is 1.28. The van der Waals surface area contributed by atoms with E-state index in [0.29, 0.717) is 26.4 Å². The van der Waals surface area contributed by atoms with Crippen LogP contribution in [0.1, 0.15) is 79.1 Å². The summed E-state index contributed by atoms with van der Waals surface area (Å²) in [5.41, 5.74) is 0. The van der Waals surface area contributed by atoms with E-state index in [0.717, 1.165) is 51.4 Å². The number of rotatable bonds is 12. The lowest BCUT2D eigenvalue weighted by atomic mass is 10.4. The van der Waals surface area contributed by atoms with E-state index in [4.69, 9.17) is 34.0 Å². The van der Waals surface area contributed by atoms with E-state index in [-0.39, 0.29) is 0 Å². The number of hydrogen-bond acceptors (Lipinski definition) is 7. The Morgan fingerprint density at radius 1 is 0.536 bits per heavy atom. The third kappa shape index (κ3) is 39.1. The molecule has 0 spiro atoms. The second-order valence-corrected chi connectivity index (χ2v) is 5.59. The Bertz CT molecular complexity index is 303. The average molecular weight is 411 g/mol. The van der Waals surface area contributed by atoms with E-state index in [1.54, 1.807) is 0 Å². The molecule has 0 saturated heterocycles. The fraction of sp³-hybridized carbons (Fsp3) is 0.842. The standard InChI is InChI=1S/2C9H18O3.CH2O3/c2*1-3-5-7-11-9(10)12-8-6-4-2;2-1(3)4/h2*3-8H2,1-2H3;(H2,2,3,4). The van der Waals surface area contributed by atoms with Crippen LogP contribution in [0.3, 0.4) is 0 Å². The molecule has 0 radical (unpaired) electrons. The van der Waals surface area contributed by atoms with Crippen molar-refractivity contribution in [1.82, 2.24) is 0 Å². The van der Waals surface area contributed by atoms with Crippen LogP contribution in [0.2, 0.25) is 0 Å². The predicted octanol–water partition coefficient (Wildman–Crippen LogP) is 5.70. The molecule has 28 heavy (non-hydrogen) atoms. The zero-order valence-electron chi connectivity index (χ0n) is 17.7. The molecular weight excluding hydrogens is 372 g/mol. The van der Waals surface area contributed by atoms with Gasteiger partial charge in [0.15, 0.2) is 0 Å². The quantitative estimate of drug-likeness (QED) is 0.307. The molecule has 0 heterocycles. The van der Waals surface area contributed by atoms with Gasteiger partial charge in [0.25, 0.3) is 0 Å². The first-order valence-electron chi connectivity index (χ1n) is 9.86. The van der Waals surface area contributed by atoms with Gasteiger partial charge >= 0.3 is 18.5 Å². The van der Waals surface area contributed by atoms with Crippen molar-refractivity contribution in [2.24, 2.45) is 0 Å². The minimum Gasteiger partial charge on any atom is -0.450 e. The van der Waals surface area contributed by atoms with Gasteiger partial charge in [-0.15, -0.1) is 0 Å². The molecule has 168 valence electrons. The lowest BCUT2D eigenvalue weighted by Crippen LogP contribution is -2.09. The molecule has 0 aliphatic rings. The van der Waals surface area contributed by atoms with Gasteiger partial charge in [-0.05, 0) is 25.7 Å². The Morgan fingerprint density at radius 2 is 0.714 bits per heavy atom. The van der Waals surface area contributed by atoms with Crippen molar-refractivity contribution in [1.29, 1.82) is 0 Å². The monoisotopic (exact) mass is 410 g/mol. The lowest BCUT2D eigenvalue weighted by Gasteiger charge is -2.04. The first kappa shape index (κ1) is 30.5. The van der Waals surface area contributed by atoms with Crippen LogP contribution in [0.25, 0.3) is 0 Å². The van der Waals surface area contributed by atoms with Gasteiger partial charge < -0.3 is 29.2 Å². The van der Waals surface area contributed by atoms with Gasteiger partial charge in [0.1, 0.15) is 0 Å². The maximum atomic E-state index is 10.7. The van der Waals surface area contributed by atoms with Gasteiger partial charge in [0.05, 0.1) is 26.4 Å². The number of hydrogen-bond donors (Lipinski definition) is 2. The molecule has 0 aliphatic heterocycles. The molecule has 0 bridgehead atoms. The number of carbonyl (C=O) groups is 3. The van der Waals surface area contributed by atoms with Crippen molar-refractivity contribution in [2.45, 2.75) is 79.1 Å². The second-order valence-electron chi connectivity index (χ2n) is 5.59. The van der Waals surface area contributed by atoms with Gasteiger partial charge in [-0.25, -0.2) is 14.4 Å². The number of carboxylic acid groups (broad SMARTS) is 2. The Hall–Kier alpha value is -2.19. The average Bonchev–Trinajstić information content (AvgIpc) is 2.63. The van der Waals surface area contributed by atoms with Crippen molar-refractivity contribution in [3.05, 3.63) is 0 Å². The van der Waals surface area contributed by atoms with Crippen LogP contribution in [-0.4, -0.2) is 55.1 Å². The highest BCUT2D eigenvalue weighted by molar-refractivity contribution is 5.60. The highest BCUT2D eigenvalue weighted by Crippen LogP contribution is 1.95. The molecular formula is C19H38O9. The van der Waals surface area contributed by atoms with Crippen molar-refractivity contribution in [3.8, 4) is 0 Å². The molecule has 0 amide bonds. The topological polar surface area (TPSA) is 129 Å². The zero-order chi connectivity index (χ0) is 22.0. The molecule has 9 heteroatoms. The fourth-order valence-corrected chi connectivity index (χ4v) is 1.28. The third-order valence-electron chi connectivity index (χ3n) is 2.87. The normalized spacial score (nSPS) is 9.00. The summed E-state index contributed by atoms with van der Waals surface area (Å²) in [4.78, 5) is 30.1. The summed E-state index contributed by atoms with van der Waals surface area (Å²) in [5.74, 6) is 0. The lowest BCUT2D eigenvalue weighted by molar-refractivity contribution is 0.0526. The molecule has 0 unspecified atom stereocenters. The summed E-state index contributed by atoms with van der Waals surface area (Å²) in [6, 6.07) is 0. The number of ether oxygens (including phenoxy) is 4. The van der Waals surface area contributed by atoms with Crippen LogP contribution >= 0.6 is 0 Å². The highest BCUT2D eigenvalue weighted by atomic mass is 16.7. The summed E-state index contributed by atoms with van der Waals surface area (Å²) < 4.78 is 19.1. The van der Waals surface area contributed by atoms with E-state index in [1.807, 2.05) is 27.7 Å². The van der Waals surface area contributed by atoms with Crippen LogP contribution in [0.5, 0.6) is 0 Å². The molecule has 0 aromatic carbocycles. The molecule has 0 saturated carbocycles. The summed E-state index contributed by atoms with van der Waals surface area (Å²) in [7, 11) is 0. The van der Waals surface area contributed by atoms with E-state index >= 15 is 0 Å². The van der Waals surface area contributed by atoms with Gasteiger partial charge in [-0.1, -0.05) is 53.4 Å². The van der Waals surface area contributed by atoms with Crippen molar-refractivity contribution >= 4 is 18.5 Å². The van der Waals surface area contributed by atoms with Crippen LogP contribution in [0, 0.1) is 0 Å². The molecule has 2 N–H and O–H groups in total. The Balaban J connectivity index is -0.000000375. The Morgan fingerprint density at radius 3 is 0.857 bits per heavy atom. The second kappa shape index (κ2) is 27.0. The minimum atomic E-state index is -1.83. The van der Waals surface area contributed by atoms with Crippen LogP contribution in [0.15, 0.2) is 0 Å². The van der Waals surface area contributed by atoms with Gasteiger partial charge in [-0.2, -0.15) is 0 Å². The zero-order valence-corrected chi connectivity index (χ0v) is 17.7. The summed E-state index contributed by atoms with van der Waals surface area (Å²) >= 11 is 0. The molecule has 0 fully saturated rings. The van der Waals surface area contributed by atoms with Gasteiger partial charge in [-0.3, -0.25) is 0 Å². The van der Waals surface area contributed by atoms with Gasteiger partial charge in [0.2, 0.25) is 0 Å². The molecule has 0 atom stereocenters. The Kier molecular flexibility index (Phi) is 29.5. The first-order chi connectivity index (χ1) is 13.3. The van der Waals surface area contributed by atoms with E-state index < -0.39 is 18.5 Å². The summed E-state index contributed by atoms with van der Waals surface area (Å²) in [5, 5.41) is 13.9. The van der Waals surface area contributed by atoms with Crippen molar-refractivity contribution < 1.29 is 43.5 Å². The number of carbonyl (C=O) groups excluding carboxylic acids is 2. The highest BCUT2D eigenvalue weighted by Gasteiger charge is 2.01. The number of unbranched alkanes of at least 4 members (excludes halogenated alkanes) is 4. The van der Waals surface area contributed by atoms with E-state index in [2.05, 4.69) is 0 Å². The van der Waals surface area contributed by atoms with Crippen molar-refractivity contribution in [2.75, 3.05) is 26.4 Å². The smallest absolute Gasteiger partial charge is 0.450 e. The molecule has 9 nitrogen and oxygen atoms in total. The molecule has 0 aromatic rings. The SMILES string of the molecule is CCCCOC(=O)OCCCC.CCCCOC(=O)OCCCC.O=C(O)O. The third-order valence-corrected chi connectivity index (χ3v) is 2.87. The maximum Gasteiger partial charge on any atom is 0.508 e. The minimum absolute atomic E-state index is 0.474. The summed E-state index contributed by atoms with van der Waals surface area (Å²) in [6.45, 7) is 10.1. The largest absolute Gasteiger partial charge is 0.508 e. The van der Waals surface area contributed by atoms with Crippen molar-refractivity contribution in [3.63, 3.8) is 0 Å². The molecule has 0 aromatic heterocycles. The van der Waals surface area contributed by atoms with E-state index in [1.165, 1.54) is 0 Å². The molecule has 0 aliphatic carbocycles. The maximum absolute atomic E-state index is 10.7. The van der Waals surface area contributed by atoms with E-state index in [9.17, 15) is 9.59 Å². The van der Waals surface area contributed by atoms with Crippen LogP contribution in [0.4, 0.5) is 14.4 Å². The van der Waals surface area contributed by atoms with Crippen LogP contribution < -0.4 is 0 Å². The van der Waals surface area contributed by atoms with Crippen LogP contribution in [-0.2, 0) is 18.9 Å². The first-order valence-corrected chi connectivity index (χ1v) is 9.86. The predicted molar refractivity (Wildman–Crippen MR) is 105 cm³/mol.